The highest BCUT2D eigenvalue weighted by atomic mass is 35.7. The predicted molar refractivity (Wildman–Crippen MR) is 85.1 cm³/mol. The Balaban J connectivity index is 2.30. The van der Waals surface area contributed by atoms with Crippen molar-refractivity contribution >= 4 is 31.3 Å². The molecule has 21 heavy (non-hydrogen) atoms. The van der Waals surface area contributed by atoms with Crippen LogP contribution in [0.3, 0.4) is 0 Å². The molecule has 0 bridgehead atoms. The van der Waals surface area contributed by atoms with E-state index in [1.54, 1.807) is 0 Å². The lowest BCUT2D eigenvalue weighted by Gasteiger charge is -2.11. The molecule has 0 fully saturated rings. The maximum Gasteiger partial charge on any atom is 0.261 e. The molecule has 2 rings (SSSR count). The second-order valence-corrected chi connectivity index (χ2v) is 7.83. The summed E-state index contributed by atoms with van der Waals surface area (Å²) in [5.74, 6) is 1.40. The van der Waals surface area contributed by atoms with Crippen molar-refractivity contribution in [3.8, 4) is 11.5 Å². The van der Waals surface area contributed by atoms with Crippen molar-refractivity contribution in [2.75, 3.05) is 0 Å². The fourth-order valence-electron chi connectivity index (χ4n) is 1.78. The van der Waals surface area contributed by atoms with Gasteiger partial charge in [-0.1, -0.05) is 37.6 Å². The first kappa shape index (κ1) is 16.1. The minimum absolute atomic E-state index is 0.0579. The predicted octanol–water partition coefficient (Wildman–Crippen LogP) is 5.18. The van der Waals surface area contributed by atoms with Gasteiger partial charge in [0.05, 0.1) is 9.92 Å². The van der Waals surface area contributed by atoms with Gasteiger partial charge >= 0.3 is 0 Å². The van der Waals surface area contributed by atoms with Crippen LogP contribution in [0.1, 0.15) is 25.3 Å². The zero-order chi connectivity index (χ0) is 15.6. The van der Waals surface area contributed by atoms with Crippen LogP contribution in [0.15, 0.2) is 47.4 Å². The van der Waals surface area contributed by atoms with Gasteiger partial charge in [0.15, 0.2) is 0 Å². The molecule has 0 atom stereocenters. The normalized spacial score (nSPS) is 11.7. The van der Waals surface area contributed by atoms with Crippen LogP contribution in [0.2, 0.25) is 5.02 Å². The Hall–Kier alpha value is -1.23. The summed E-state index contributed by atoms with van der Waals surface area (Å²) in [7, 11) is 1.47. The third-order valence-electron chi connectivity index (χ3n) is 2.94. The minimum Gasteiger partial charge on any atom is -0.456 e. The maximum atomic E-state index is 11.2. The molecule has 0 radical (unpaired) electrons. The Morgan fingerprint density at radius 3 is 2.38 bits per heavy atom. The number of hydrogen-bond donors (Lipinski definition) is 0. The zero-order valence-electron chi connectivity index (χ0n) is 11.5. The van der Waals surface area contributed by atoms with Gasteiger partial charge in [-0.05, 0) is 41.8 Å². The monoisotopic (exact) mass is 344 g/mol. The summed E-state index contributed by atoms with van der Waals surface area (Å²) in [4.78, 5) is -0.0579. The summed E-state index contributed by atoms with van der Waals surface area (Å²) in [5, 5.41) is 0.187. The fraction of sp³-hybridized carbons (Fsp3) is 0.200. The molecule has 0 aromatic heterocycles. The van der Waals surface area contributed by atoms with Gasteiger partial charge in [0.25, 0.3) is 9.05 Å². The van der Waals surface area contributed by atoms with E-state index in [9.17, 15) is 8.42 Å². The Labute approximate surface area is 133 Å². The largest absolute Gasteiger partial charge is 0.456 e. The molecule has 0 aliphatic heterocycles. The molecule has 0 amide bonds. The van der Waals surface area contributed by atoms with Gasteiger partial charge in [0.2, 0.25) is 0 Å². The van der Waals surface area contributed by atoms with Crippen LogP contribution in [0, 0.1) is 0 Å². The maximum absolute atomic E-state index is 11.2. The van der Waals surface area contributed by atoms with Crippen LogP contribution in [0.25, 0.3) is 0 Å². The molecular weight excluding hydrogens is 331 g/mol. The van der Waals surface area contributed by atoms with Crippen molar-refractivity contribution < 1.29 is 13.2 Å². The first-order valence-electron chi connectivity index (χ1n) is 6.29. The number of ether oxygens (including phenoxy) is 1. The van der Waals surface area contributed by atoms with Crippen LogP contribution in [-0.2, 0) is 9.05 Å². The number of rotatable bonds is 4. The lowest BCUT2D eigenvalue weighted by Crippen LogP contribution is -1.93. The quantitative estimate of drug-likeness (QED) is 0.717. The smallest absolute Gasteiger partial charge is 0.261 e. The SMILES string of the molecule is CC(C)c1cccc(Oc2ccc(S(=O)(=O)Cl)cc2Cl)c1. The van der Waals surface area contributed by atoms with Crippen molar-refractivity contribution in [2.45, 2.75) is 24.7 Å². The lowest BCUT2D eigenvalue weighted by molar-refractivity contribution is 0.481. The van der Waals surface area contributed by atoms with Gasteiger partial charge in [-0.15, -0.1) is 0 Å². The van der Waals surface area contributed by atoms with E-state index in [0.29, 0.717) is 17.4 Å². The van der Waals surface area contributed by atoms with E-state index in [1.165, 1.54) is 18.2 Å². The molecule has 0 aliphatic rings. The van der Waals surface area contributed by atoms with E-state index in [4.69, 9.17) is 27.0 Å². The molecular formula is C15H14Cl2O3S. The Bertz CT molecular complexity index is 755. The van der Waals surface area contributed by atoms with Crippen molar-refractivity contribution in [1.82, 2.24) is 0 Å². The van der Waals surface area contributed by atoms with Gasteiger partial charge in [-0.2, -0.15) is 0 Å². The van der Waals surface area contributed by atoms with E-state index in [0.717, 1.165) is 5.56 Å². The van der Waals surface area contributed by atoms with Gasteiger partial charge in [-0.3, -0.25) is 0 Å². The summed E-state index contributed by atoms with van der Waals surface area (Å²) in [6, 6.07) is 11.8. The van der Waals surface area contributed by atoms with Crippen LogP contribution < -0.4 is 4.74 Å². The third-order valence-corrected chi connectivity index (χ3v) is 4.58. The molecule has 0 saturated carbocycles. The molecule has 6 heteroatoms. The summed E-state index contributed by atoms with van der Waals surface area (Å²) < 4.78 is 28.2. The average molecular weight is 345 g/mol. The van der Waals surface area contributed by atoms with E-state index in [-0.39, 0.29) is 9.92 Å². The molecule has 0 saturated heterocycles. The average Bonchev–Trinajstić information content (AvgIpc) is 2.40. The number of halogens is 2. The molecule has 0 unspecified atom stereocenters. The standard InChI is InChI=1S/C15H14Cl2O3S/c1-10(2)11-4-3-5-12(8-11)20-15-7-6-13(9-14(15)16)21(17,18)19/h3-10H,1-2H3. The van der Waals surface area contributed by atoms with Crippen LogP contribution in [0.4, 0.5) is 0 Å². The third kappa shape index (κ3) is 4.13. The molecule has 0 aliphatic carbocycles. The summed E-state index contributed by atoms with van der Waals surface area (Å²) >= 11 is 6.04. The first-order valence-corrected chi connectivity index (χ1v) is 8.98. The Morgan fingerprint density at radius 1 is 1.10 bits per heavy atom. The van der Waals surface area contributed by atoms with E-state index in [1.807, 2.05) is 24.3 Å². The molecule has 2 aromatic carbocycles. The topological polar surface area (TPSA) is 43.4 Å². The fourth-order valence-corrected chi connectivity index (χ4v) is 2.84. The van der Waals surface area contributed by atoms with Crippen molar-refractivity contribution in [3.05, 3.63) is 53.1 Å². The molecule has 2 aromatic rings. The number of benzene rings is 2. The molecule has 0 spiro atoms. The van der Waals surface area contributed by atoms with Crippen molar-refractivity contribution in [1.29, 1.82) is 0 Å². The minimum atomic E-state index is -3.80. The van der Waals surface area contributed by atoms with Crippen molar-refractivity contribution in [3.63, 3.8) is 0 Å². The van der Waals surface area contributed by atoms with Crippen LogP contribution in [-0.4, -0.2) is 8.42 Å². The highest BCUT2D eigenvalue weighted by Gasteiger charge is 2.13. The van der Waals surface area contributed by atoms with Crippen LogP contribution in [0.5, 0.6) is 11.5 Å². The summed E-state index contributed by atoms with van der Waals surface area (Å²) in [6.45, 7) is 4.18. The Kier molecular flexibility index (Phi) is 4.81. The van der Waals surface area contributed by atoms with Gasteiger partial charge in [0.1, 0.15) is 11.5 Å². The summed E-state index contributed by atoms with van der Waals surface area (Å²) in [5.41, 5.74) is 1.14. The molecule has 0 heterocycles. The molecule has 112 valence electrons. The van der Waals surface area contributed by atoms with E-state index < -0.39 is 9.05 Å². The molecule has 0 N–H and O–H groups in total. The Morgan fingerprint density at radius 2 is 1.81 bits per heavy atom. The highest BCUT2D eigenvalue weighted by Crippen LogP contribution is 2.33. The second-order valence-electron chi connectivity index (χ2n) is 4.86. The van der Waals surface area contributed by atoms with E-state index in [2.05, 4.69) is 13.8 Å². The lowest BCUT2D eigenvalue weighted by atomic mass is 10.0. The van der Waals surface area contributed by atoms with Gasteiger partial charge in [0, 0.05) is 10.7 Å². The van der Waals surface area contributed by atoms with Gasteiger partial charge in [-0.25, -0.2) is 8.42 Å². The number of hydrogen-bond acceptors (Lipinski definition) is 3. The first-order chi connectivity index (χ1) is 9.77. The molecule has 3 nitrogen and oxygen atoms in total. The highest BCUT2D eigenvalue weighted by molar-refractivity contribution is 8.13. The van der Waals surface area contributed by atoms with Crippen LogP contribution >= 0.6 is 22.3 Å². The summed E-state index contributed by atoms with van der Waals surface area (Å²) in [6.07, 6.45) is 0. The van der Waals surface area contributed by atoms with Crippen molar-refractivity contribution in [2.24, 2.45) is 0 Å². The zero-order valence-corrected chi connectivity index (χ0v) is 13.8. The van der Waals surface area contributed by atoms with Gasteiger partial charge < -0.3 is 4.74 Å². The second kappa shape index (κ2) is 6.26. The van der Waals surface area contributed by atoms with E-state index >= 15 is 0 Å².